The van der Waals surface area contributed by atoms with Crippen LogP contribution in [0.15, 0.2) is 36.0 Å². The Balaban J connectivity index is 1.57. The summed E-state index contributed by atoms with van der Waals surface area (Å²) < 4.78 is 12.5. The van der Waals surface area contributed by atoms with Crippen LogP contribution in [-0.2, 0) is 0 Å². The molecular formula is C18H16N4O3S2. The lowest BCUT2D eigenvalue weighted by molar-refractivity contribution is 0.102. The first-order valence-corrected chi connectivity index (χ1v) is 9.71. The van der Waals surface area contributed by atoms with Crippen LogP contribution >= 0.6 is 22.7 Å². The third-order valence-electron chi connectivity index (χ3n) is 3.91. The second kappa shape index (κ2) is 7.01. The minimum Gasteiger partial charge on any atom is -0.497 e. The lowest BCUT2D eigenvalue weighted by Crippen LogP contribution is -2.12. The van der Waals surface area contributed by atoms with E-state index in [0.717, 1.165) is 15.4 Å². The zero-order chi connectivity index (χ0) is 19.0. The molecule has 4 rings (SSSR count). The summed E-state index contributed by atoms with van der Waals surface area (Å²) in [6, 6.07) is 5.50. The Bertz CT molecular complexity index is 1100. The van der Waals surface area contributed by atoms with Crippen molar-refractivity contribution in [3.05, 3.63) is 46.5 Å². The largest absolute Gasteiger partial charge is 0.497 e. The minimum atomic E-state index is -0.290. The third kappa shape index (κ3) is 3.38. The first-order valence-electron chi connectivity index (χ1n) is 8.02. The molecule has 27 heavy (non-hydrogen) atoms. The topological polar surface area (TPSA) is 77.8 Å². The molecule has 0 saturated heterocycles. The van der Waals surface area contributed by atoms with Crippen LogP contribution < -0.4 is 14.8 Å². The molecule has 0 aliphatic rings. The maximum atomic E-state index is 12.5. The Labute approximate surface area is 163 Å². The molecule has 1 N–H and O–H groups in total. The van der Waals surface area contributed by atoms with Gasteiger partial charge in [0.25, 0.3) is 5.91 Å². The molecule has 138 valence electrons. The fourth-order valence-electron chi connectivity index (χ4n) is 2.65. The van der Waals surface area contributed by atoms with Gasteiger partial charge in [0.15, 0.2) is 10.1 Å². The number of thiazole rings is 2. The molecule has 1 aromatic carbocycles. The SMILES string of the molecule is COc1ccc(OC)c(-c2csc(NC(=O)c3cn4cc(C)sc4n3)n2)c1. The minimum absolute atomic E-state index is 0.290. The third-order valence-corrected chi connectivity index (χ3v) is 5.58. The maximum Gasteiger partial charge on any atom is 0.277 e. The lowest BCUT2D eigenvalue weighted by Gasteiger charge is -2.08. The predicted molar refractivity (Wildman–Crippen MR) is 106 cm³/mol. The Morgan fingerprint density at radius 1 is 1.19 bits per heavy atom. The van der Waals surface area contributed by atoms with Crippen molar-refractivity contribution >= 4 is 38.7 Å². The average molecular weight is 400 g/mol. The summed E-state index contributed by atoms with van der Waals surface area (Å²) in [6.45, 7) is 2.00. The van der Waals surface area contributed by atoms with Crippen LogP contribution in [0.3, 0.4) is 0 Å². The van der Waals surface area contributed by atoms with Crippen LogP contribution in [0, 0.1) is 6.92 Å². The summed E-state index contributed by atoms with van der Waals surface area (Å²) in [5.41, 5.74) is 1.86. The van der Waals surface area contributed by atoms with Gasteiger partial charge in [0, 0.05) is 28.2 Å². The lowest BCUT2D eigenvalue weighted by atomic mass is 10.1. The number of nitrogens with one attached hydrogen (secondary N) is 1. The van der Waals surface area contributed by atoms with Gasteiger partial charge >= 0.3 is 0 Å². The van der Waals surface area contributed by atoms with Crippen LogP contribution in [0.25, 0.3) is 16.2 Å². The highest BCUT2D eigenvalue weighted by atomic mass is 32.1. The number of nitrogens with zero attached hydrogens (tertiary/aromatic N) is 3. The summed E-state index contributed by atoms with van der Waals surface area (Å²) in [4.78, 5) is 23.3. The van der Waals surface area contributed by atoms with Crippen LogP contribution in [0.4, 0.5) is 5.13 Å². The van der Waals surface area contributed by atoms with Gasteiger partial charge in [-0.3, -0.25) is 14.5 Å². The van der Waals surface area contributed by atoms with Gasteiger partial charge in [-0.15, -0.1) is 22.7 Å². The second-order valence-electron chi connectivity index (χ2n) is 5.72. The van der Waals surface area contributed by atoms with E-state index in [2.05, 4.69) is 15.3 Å². The molecule has 1 amide bonds. The van der Waals surface area contributed by atoms with Crippen LogP contribution in [0.1, 0.15) is 15.4 Å². The highest BCUT2D eigenvalue weighted by molar-refractivity contribution is 7.17. The molecule has 0 unspecified atom stereocenters. The number of hydrogen-bond donors (Lipinski definition) is 1. The van der Waals surface area contributed by atoms with Gasteiger partial charge in [-0.2, -0.15) is 0 Å². The fraction of sp³-hybridized carbons (Fsp3) is 0.167. The summed E-state index contributed by atoms with van der Waals surface area (Å²) in [5.74, 6) is 1.10. The van der Waals surface area contributed by atoms with Gasteiger partial charge < -0.3 is 9.47 Å². The van der Waals surface area contributed by atoms with Gasteiger partial charge in [-0.05, 0) is 25.1 Å². The molecule has 4 aromatic rings. The molecular weight excluding hydrogens is 384 g/mol. The van der Waals surface area contributed by atoms with E-state index in [1.807, 2.05) is 41.1 Å². The summed E-state index contributed by atoms with van der Waals surface area (Å²) in [7, 11) is 3.21. The van der Waals surface area contributed by atoms with Crippen molar-refractivity contribution in [2.45, 2.75) is 6.92 Å². The highest BCUT2D eigenvalue weighted by Crippen LogP contribution is 2.35. The predicted octanol–water partition coefficient (Wildman–Crippen LogP) is 4.10. The van der Waals surface area contributed by atoms with Gasteiger partial charge in [0.2, 0.25) is 0 Å². The number of methoxy groups -OCH3 is 2. The van der Waals surface area contributed by atoms with Gasteiger partial charge in [-0.1, -0.05) is 0 Å². The van der Waals surface area contributed by atoms with E-state index in [1.54, 1.807) is 20.4 Å². The van der Waals surface area contributed by atoms with Gasteiger partial charge in [0.05, 0.1) is 19.9 Å². The zero-order valence-corrected chi connectivity index (χ0v) is 16.5. The van der Waals surface area contributed by atoms with E-state index in [-0.39, 0.29) is 5.91 Å². The highest BCUT2D eigenvalue weighted by Gasteiger charge is 2.16. The molecule has 0 spiro atoms. The number of rotatable bonds is 5. The van der Waals surface area contributed by atoms with Crippen LogP contribution in [0.5, 0.6) is 11.5 Å². The van der Waals surface area contributed by atoms with Crippen molar-refractivity contribution in [1.82, 2.24) is 14.4 Å². The molecule has 0 fully saturated rings. The number of benzene rings is 1. The van der Waals surface area contributed by atoms with Crippen molar-refractivity contribution in [3.63, 3.8) is 0 Å². The molecule has 0 atom stereocenters. The number of carbonyl (C=O) groups excluding carboxylic acids is 1. The number of fused-ring (bicyclic) bond motifs is 1. The quantitative estimate of drug-likeness (QED) is 0.546. The van der Waals surface area contributed by atoms with Crippen LogP contribution in [0.2, 0.25) is 0 Å². The van der Waals surface area contributed by atoms with Crippen LogP contribution in [-0.4, -0.2) is 34.5 Å². The summed E-state index contributed by atoms with van der Waals surface area (Å²) in [5, 5.41) is 5.16. The van der Waals surface area contributed by atoms with Crippen molar-refractivity contribution in [3.8, 4) is 22.8 Å². The fourth-order valence-corrected chi connectivity index (χ4v) is 4.17. The van der Waals surface area contributed by atoms with E-state index in [9.17, 15) is 4.79 Å². The number of carbonyl (C=O) groups is 1. The Morgan fingerprint density at radius 3 is 2.78 bits per heavy atom. The second-order valence-corrected chi connectivity index (χ2v) is 7.79. The summed E-state index contributed by atoms with van der Waals surface area (Å²) in [6.07, 6.45) is 3.66. The van der Waals surface area contributed by atoms with Crippen molar-refractivity contribution in [2.24, 2.45) is 0 Å². The molecule has 0 aliphatic heterocycles. The number of ether oxygens (including phenoxy) is 2. The van der Waals surface area contributed by atoms with E-state index < -0.39 is 0 Å². The molecule has 3 aromatic heterocycles. The normalized spacial score (nSPS) is 10.9. The van der Waals surface area contributed by atoms with E-state index in [0.29, 0.717) is 28.0 Å². The number of imidazole rings is 1. The number of amides is 1. The van der Waals surface area contributed by atoms with Gasteiger partial charge in [0.1, 0.15) is 17.2 Å². The molecule has 3 heterocycles. The van der Waals surface area contributed by atoms with Gasteiger partial charge in [-0.25, -0.2) is 9.97 Å². The zero-order valence-electron chi connectivity index (χ0n) is 14.8. The first-order chi connectivity index (χ1) is 13.1. The number of aryl methyl sites for hydroxylation is 1. The standard InChI is InChI=1S/C18H16N4O3S2/c1-10-7-22-8-13(20-18(22)27-10)16(23)21-17-19-14(9-26-17)12-6-11(24-2)4-5-15(12)25-3/h4-9H,1-3H3,(H,19,21,23). The average Bonchev–Trinajstić information content (AvgIpc) is 3.35. The molecule has 0 bridgehead atoms. The molecule has 0 aliphatic carbocycles. The molecule has 7 nitrogen and oxygen atoms in total. The van der Waals surface area contributed by atoms with E-state index in [4.69, 9.17) is 9.47 Å². The molecule has 0 radical (unpaired) electrons. The van der Waals surface area contributed by atoms with E-state index in [1.165, 1.54) is 22.7 Å². The monoisotopic (exact) mass is 400 g/mol. The summed E-state index contributed by atoms with van der Waals surface area (Å²) >= 11 is 2.88. The number of anilines is 1. The first kappa shape index (κ1) is 17.5. The number of hydrogen-bond acceptors (Lipinski definition) is 7. The van der Waals surface area contributed by atoms with Crippen molar-refractivity contribution in [2.75, 3.05) is 19.5 Å². The smallest absolute Gasteiger partial charge is 0.277 e. The maximum absolute atomic E-state index is 12.5. The Kier molecular flexibility index (Phi) is 4.54. The van der Waals surface area contributed by atoms with Crippen molar-refractivity contribution < 1.29 is 14.3 Å². The van der Waals surface area contributed by atoms with Crippen molar-refractivity contribution in [1.29, 1.82) is 0 Å². The Morgan fingerprint density at radius 2 is 2.04 bits per heavy atom. The number of aromatic nitrogens is 3. The molecule has 9 heteroatoms. The molecule has 0 saturated carbocycles. The Hall–Kier alpha value is -2.91. The van der Waals surface area contributed by atoms with E-state index >= 15 is 0 Å².